The zero-order valence-corrected chi connectivity index (χ0v) is 6.13. The molecule has 0 bridgehead atoms. The number of hydrogen-bond donors (Lipinski definition) is 1. The molecule has 0 aromatic rings. The number of nitrogens with two attached hydrogens (primary N) is 1. The van der Waals surface area contributed by atoms with Gasteiger partial charge in [-0.2, -0.15) is 17.6 Å². The lowest BCUT2D eigenvalue weighted by Crippen LogP contribution is -2.43. The van der Waals surface area contributed by atoms with E-state index in [9.17, 15) is 22.4 Å². The van der Waals surface area contributed by atoms with Crippen molar-refractivity contribution in [2.75, 3.05) is 0 Å². The summed E-state index contributed by atoms with van der Waals surface area (Å²) in [6, 6.07) is 0. The summed E-state index contributed by atoms with van der Waals surface area (Å²) in [7, 11) is 0. The van der Waals surface area contributed by atoms with Gasteiger partial charge in [0.15, 0.2) is 0 Å². The van der Waals surface area contributed by atoms with E-state index in [0.717, 1.165) is 0 Å². The van der Waals surface area contributed by atoms with Gasteiger partial charge in [0.2, 0.25) is 0 Å². The summed E-state index contributed by atoms with van der Waals surface area (Å²) in [4.78, 5) is 10.4. The molecule has 0 aliphatic heterocycles. The van der Waals surface area contributed by atoms with E-state index in [1.165, 1.54) is 0 Å². The van der Waals surface area contributed by atoms with Crippen molar-refractivity contribution in [1.29, 1.82) is 0 Å². The molecule has 2 nitrogen and oxygen atoms in total. The van der Waals surface area contributed by atoms with Crippen LogP contribution in [-0.2, 0) is 4.79 Å². The van der Waals surface area contributed by atoms with Crippen LogP contribution in [0.5, 0.6) is 0 Å². The van der Waals surface area contributed by atoms with Gasteiger partial charge in [0.25, 0.3) is 5.78 Å². The van der Waals surface area contributed by atoms with Crippen LogP contribution >= 0.6 is 11.6 Å². The molecule has 0 saturated carbocycles. The summed E-state index contributed by atoms with van der Waals surface area (Å²) in [5, 5.41) is -1.29. The Morgan fingerprint density at radius 2 is 1.58 bits per heavy atom. The predicted octanol–water partition coefficient (Wildman–Crippen LogP) is 1.25. The molecule has 1 aliphatic carbocycles. The van der Waals surface area contributed by atoms with E-state index in [1.54, 1.807) is 0 Å². The number of Topliss-reactive ketones (excluding diaryl/α,β-unsaturated/α-hetero) is 1. The van der Waals surface area contributed by atoms with Gasteiger partial charge in [-0.1, -0.05) is 11.6 Å². The van der Waals surface area contributed by atoms with E-state index in [-0.39, 0.29) is 0 Å². The summed E-state index contributed by atoms with van der Waals surface area (Å²) in [6.07, 6.45) is 0. The van der Waals surface area contributed by atoms with E-state index in [2.05, 4.69) is 5.73 Å². The van der Waals surface area contributed by atoms with Crippen molar-refractivity contribution in [3.05, 3.63) is 10.7 Å². The van der Waals surface area contributed by atoms with Crippen LogP contribution in [-0.4, -0.2) is 17.6 Å². The first kappa shape index (κ1) is 9.31. The van der Waals surface area contributed by atoms with Gasteiger partial charge < -0.3 is 5.73 Å². The van der Waals surface area contributed by atoms with Crippen LogP contribution < -0.4 is 5.73 Å². The van der Waals surface area contributed by atoms with Crippen molar-refractivity contribution in [3.8, 4) is 0 Å². The molecule has 7 heteroatoms. The quantitative estimate of drug-likeness (QED) is 0.602. The lowest BCUT2D eigenvalue weighted by Gasteiger charge is -2.17. The van der Waals surface area contributed by atoms with Gasteiger partial charge in [0, 0.05) is 0 Å². The van der Waals surface area contributed by atoms with Crippen molar-refractivity contribution in [3.63, 3.8) is 0 Å². The van der Waals surface area contributed by atoms with E-state index < -0.39 is 28.4 Å². The molecule has 0 atom stereocenters. The van der Waals surface area contributed by atoms with Crippen molar-refractivity contribution in [1.82, 2.24) is 0 Å². The van der Waals surface area contributed by atoms with Crippen molar-refractivity contribution in [2.45, 2.75) is 11.8 Å². The first-order valence-electron chi connectivity index (χ1n) is 2.69. The molecule has 0 heterocycles. The number of allylic oxidation sites excluding steroid dienone is 2. The highest BCUT2D eigenvalue weighted by atomic mass is 35.5. The molecule has 0 unspecified atom stereocenters. The minimum atomic E-state index is -4.81. The highest BCUT2D eigenvalue weighted by Crippen LogP contribution is 2.47. The molecule has 0 aromatic heterocycles. The first-order chi connectivity index (χ1) is 5.23. The van der Waals surface area contributed by atoms with Gasteiger partial charge in [0.1, 0.15) is 10.7 Å². The zero-order chi connectivity index (χ0) is 9.73. The maximum atomic E-state index is 12.4. The van der Waals surface area contributed by atoms with E-state index in [0.29, 0.717) is 0 Å². The summed E-state index contributed by atoms with van der Waals surface area (Å²) in [5.41, 5.74) is 2.95. The average molecular weight is 204 g/mol. The largest absolute Gasteiger partial charge is 0.396 e. The lowest BCUT2D eigenvalue weighted by molar-refractivity contribution is -0.182. The van der Waals surface area contributed by atoms with Gasteiger partial charge in [-0.25, -0.2) is 0 Å². The fourth-order valence-corrected chi connectivity index (χ4v) is 0.947. The SMILES string of the molecule is NC1=C(Cl)C(=O)C(F)(F)C1(F)F. The maximum absolute atomic E-state index is 12.4. The molecule has 68 valence electrons. The molecule has 0 saturated heterocycles. The molecule has 0 spiro atoms. The minimum Gasteiger partial charge on any atom is -0.396 e. The fraction of sp³-hybridized carbons (Fsp3) is 0.400. The zero-order valence-electron chi connectivity index (χ0n) is 5.38. The number of hydrogen-bond acceptors (Lipinski definition) is 2. The third kappa shape index (κ3) is 0.782. The Bertz CT molecular complexity index is 285. The van der Waals surface area contributed by atoms with Gasteiger partial charge in [0.05, 0.1) is 0 Å². The van der Waals surface area contributed by atoms with Crippen LogP contribution in [0.15, 0.2) is 10.7 Å². The van der Waals surface area contributed by atoms with Crippen LogP contribution in [0.25, 0.3) is 0 Å². The Morgan fingerprint density at radius 1 is 1.17 bits per heavy atom. The molecule has 0 amide bonds. The van der Waals surface area contributed by atoms with Gasteiger partial charge >= 0.3 is 11.8 Å². The fourth-order valence-electron chi connectivity index (χ4n) is 0.710. The van der Waals surface area contributed by atoms with Crippen LogP contribution in [0.2, 0.25) is 0 Å². The molecule has 12 heavy (non-hydrogen) atoms. The Morgan fingerprint density at radius 3 is 1.67 bits per heavy atom. The number of halogens is 5. The molecule has 1 rings (SSSR count). The van der Waals surface area contributed by atoms with Crippen molar-refractivity contribution >= 4 is 17.4 Å². The second kappa shape index (κ2) is 2.12. The smallest absolute Gasteiger partial charge is 0.378 e. The first-order valence-corrected chi connectivity index (χ1v) is 3.07. The minimum absolute atomic E-state index is 1.29. The Hall–Kier alpha value is -0.780. The third-order valence-corrected chi connectivity index (χ3v) is 1.83. The molecule has 2 N–H and O–H groups in total. The highest BCUT2D eigenvalue weighted by molar-refractivity contribution is 6.45. The summed E-state index contributed by atoms with van der Waals surface area (Å²) < 4.78 is 49.4. The summed E-state index contributed by atoms with van der Waals surface area (Å²) >= 11 is 4.83. The number of rotatable bonds is 0. The molecule has 0 aromatic carbocycles. The predicted molar refractivity (Wildman–Crippen MR) is 32.0 cm³/mol. The number of ketones is 1. The lowest BCUT2D eigenvalue weighted by atomic mass is 10.2. The average Bonchev–Trinajstić information content (AvgIpc) is 2.05. The number of carbonyl (C=O) groups is 1. The van der Waals surface area contributed by atoms with Gasteiger partial charge in [-0.05, 0) is 0 Å². The monoisotopic (exact) mass is 203 g/mol. The van der Waals surface area contributed by atoms with Gasteiger partial charge in [-0.3, -0.25) is 4.79 Å². The molecule has 1 aliphatic rings. The van der Waals surface area contributed by atoms with E-state index >= 15 is 0 Å². The molecule has 0 radical (unpaired) electrons. The highest BCUT2D eigenvalue weighted by Gasteiger charge is 2.69. The third-order valence-electron chi connectivity index (χ3n) is 1.45. The van der Waals surface area contributed by atoms with Crippen molar-refractivity contribution < 1.29 is 22.4 Å². The Labute approximate surface area is 69.0 Å². The second-order valence-corrected chi connectivity index (χ2v) is 2.58. The Kier molecular flexibility index (Phi) is 1.65. The summed E-state index contributed by atoms with van der Waals surface area (Å²) in [5.74, 6) is -11.6. The molecule has 0 fully saturated rings. The maximum Gasteiger partial charge on any atom is 0.378 e. The normalized spacial score (nSPS) is 26.6. The standard InChI is InChI=1S/C5H2ClF4NO/c6-1-2(11)4(7,8)5(9,10)3(1)12/h11H2. The molecular formula is C5H2ClF4NO. The van der Waals surface area contributed by atoms with Gasteiger partial charge in [-0.15, -0.1) is 0 Å². The van der Waals surface area contributed by atoms with E-state index in [4.69, 9.17) is 11.6 Å². The van der Waals surface area contributed by atoms with E-state index in [1.807, 2.05) is 0 Å². The summed E-state index contributed by atoms with van der Waals surface area (Å²) in [6.45, 7) is 0. The van der Waals surface area contributed by atoms with Crippen LogP contribution in [0, 0.1) is 0 Å². The Balaban J connectivity index is 3.31. The molecular weight excluding hydrogens is 202 g/mol. The van der Waals surface area contributed by atoms with Crippen LogP contribution in [0.4, 0.5) is 17.6 Å². The van der Waals surface area contributed by atoms with Crippen LogP contribution in [0.1, 0.15) is 0 Å². The number of carbonyl (C=O) groups excluding carboxylic acids is 1. The topological polar surface area (TPSA) is 43.1 Å². The second-order valence-electron chi connectivity index (χ2n) is 2.21. The van der Waals surface area contributed by atoms with Crippen LogP contribution in [0.3, 0.4) is 0 Å². The number of alkyl halides is 4. The van der Waals surface area contributed by atoms with Crippen molar-refractivity contribution in [2.24, 2.45) is 5.73 Å².